The quantitative estimate of drug-likeness (QED) is 0.116. The molecule has 0 aliphatic carbocycles. The Morgan fingerprint density at radius 3 is 2.73 bits per heavy atom. The first-order chi connectivity index (χ1) is 14.4. The van der Waals surface area contributed by atoms with Crippen LogP contribution in [0.25, 0.3) is 6.08 Å². The molecule has 1 fully saturated rings. The zero-order valence-electron chi connectivity index (χ0n) is 16.1. The molecular formula is C22H18INO4S2. The molecule has 0 spiro atoms. The van der Waals surface area contributed by atoms with Crippen LogP contribution in [-0.2, 0) is 4.79 Å². The molecule has 1 aliphatic rings. The number of thiocarbonyl (C=S) groups is 1. The zero-order chi connectivity index (χ0) is 21.7. The Kier molecular flexibility index (Phi) is 7.68. The number of ether oxygens (including phenoxy) is 2. The number of halogens is 1. The fourth-order valence-corrected chi connectivity index (χ4v) is 4.57. The highest BCUT2D eigenvalue weighted by molar-refractivity contribution is 14.1. The number of amides is 1. The number of esters is 1. The molecule has 1 saturated heterocycles. The van der Waals surface area contributed by atoms with Crippen molar-refractivity contribution in [1.82, 2.24) is 4.90 Å². The molecule has 0 radical (unpaired) electrons. The number of hydrogen-bond acceptors (Lipinski definition) is 6. The molecule has 154 valence electrons. The van der Waals surface area contributed by atoms with Gasteiger partial charge in [-0.3, -0.25) is 9.69 Å². The summed E-state index contributed by atoms with van der Waals surface area (Å²) >= 11 is 8.60. The minimum Gasteiger partial charge on any atom is -0.490 e. The van der Waals surface area contributed by atoms with Gasteiger partial charge in [-0.05, 0) is 65.4 Å². The summed E-state index contributed by atoms with van der Waals surface area (Å²) in [7, 11) is 0. The van der Waals surface area contributed by atoms with Crippen LogP contribution < -0.4 is 9.47 Å². The predicted molar refractivity (Wildman–Crippen MR) is 132 cm³/mol. The summed E-state index contributed by atoms with van der Waals surface area (Å²) in [6, 6.07) is 12.4. The highest BCUT2D eigenvalue weighted by Crippen LogP contribution is 2.35. The summed E-state index contributed by atoms with van der Waals surface area (Å²) in [5.41, 5.74) is 1.22. The average molecular weight is 551 g/mol. The molecule has 5 nitrogen and oxygen atoms in total. The Morgan fingerprint density at radius 2 is 2.03 bits per heavy atom. The molecule has 1 amide bonds. The van der Waals surface area contributed by atoms with Crippen LogP contribution in [-0.4, -0.2) is 34.2 Å². The number of nitrogens with zero attached hydrogens (tertiary/aromatic N) is 1. The number of thioether (sulfide) groups is 1. The van der Waals surface area contributed by atoms with Crippen LogP contribution >= 0.6 is 46.6 Å². The maximum absolute atomic E-state index is 12.6. The van der Waals surface area contributed by atoms with E-state index >= 15 is 0 Å². The molecule has 3 rings (SSSR count). The van der Waals surface area contributed by atoms with Gasteiger partial charge < -0.3 is 9.47 Å². The normalized spacial score (nSPS) is 14.9. The number of rotatable bonds is 7. The summed E-state index contributed by atoms with van der Waals surface area (Å²) < 4.78 is 12.5. The van der Waals surface area contributed by atoms with E-state index in [-0.39, 0.29) is 5.91 Å². The summed E-state index contributed by atoms with van der Waals surface area (Å²) in [4.78, 5) is 27.1. The number of carbonyl (C=O) groups excluding carboxylic acids is 2. The van der Waals surface area contributed by atoms with Crippen molar-refractivity contribution in [2.75, 3.05) is 13.2 Å². The second-order valence-electron chi connectivity index (χ2n) is 6.09. The lowest BCUT2D eigenvalue weighted by Gasteiger charge is -2.12. The molecule has 1 aliphatic heterocycles. The van der Waals surface area contributed by atoms with Gasteiger partial charge in [-0.1, -0.05) is 48.3 Å². The monoisotopic (exact) mass is 551 g/mol. The highest BCUT2D eigenvalue weighted by Gasteiger charge is 2.31. The molecule has 0 unspecified atom stereocenters. The second kappa shape index (κ2) is 10.2. The van der Waals surface area contributed by atoms with E-state index in [1.54, 1.807) is 42.5 Å². The van der Waals surface area contributed by atoms with E-state index in [0.717, 1.165) is 9.13 Å². The van der Waals surface area contributed by atoms with Gasteiger partial charge in [0.15, 0.2) is 11.5 Å². The lowest BCUT2D eigenvalue weighted by molar-refractivity contribution is -0.121. The van der Waals surface area contributed by atoms with E-state index in [0.29, 0.717) is 39.4 Å². The Labute approximate surface area is 198 Å². The minimum atomic E-state index is -0.459. The summed E-state index contributed by atoms with van der Waals surface area (Å²) in [5.74, 6) is 0.126. The third kappa shape index (κ3) is 5.11. The summed E-state index contributed by atoms with van der Waals surface area (Å²) in [6.07, 6.45) is 3.38. The smallest absolute Gasteiger partial charge is 0.344 e. The van der Waals surface area contributed by atoms with Crippen molar-refractivity contribution >= 4 is 68.8 Å². The standard InChI is InChI=1S/C22H18INO4S2/c1-3-11-24-20(25)19(30-22(24)29)13-14-9-10-17(18(12-14)27-4-2)28-21(26)15-7-5-6-8-16(15)23/h3,5-10,12-13H,1,4,11H2,2H3. The Balaban J connectivity index is 1.86. The molecule has 0 N–H and O–H groups in total. The molecule has 0 bridgehead atoms. The van der Waals surface area contributed by atoms with Crippen molar-refractivity contribution in [3.05, 3.63) is 74.7 Å². The lowest BCUT2D eigenvalue weighted by Crippen LogP contribution is -2.27. The van der Waals surface area contributed by atoms with E-state index in [1.807, 2.05) is 19.1 Å². The summed E-state index contributed by atoms with van der Waals surface area (Å²) in [5, 5.41) is 0. The van der Waals surface area contributed by atoms with Crippen LogP contribution in [0.5, 0.6) is 11.5 Å². The van der Waals surface area contributed by atoms with Gasteiger partial charge in [0, 0.05) is 10.1 Å². The predicted octanol–water partition coefficient (Wildman–Crippen LogP) is 5.30. The second-order valence-corrected chi connectivity index (χ2v) is 8.93. The van der Waals surface area contributed by atoms with Crippen LogP contribution in [0.2, 0.25) is 0 Å². The Morgan fingerprint density at radius 1 is 1.27 bits per heavy atom. The van der Waals surface area contributed by atoms with Crippen LogP contribution in [0, 0.1) is 3.57 Å². The van der Waals surface area contributed by atoms with E-state index in [4.69, 9.17) is 21.7 Å². The molecule has 0 atom stereocenters. The number of benzene rings is 2. The molecule has 1 heterocycles. The topological polar surface area (TPSA) is 55.8 Å². The van der Waals surface area contributed by atoms with Crippen LogP contribution in [0.4, 0.5) is 0 Å². The first-order valence-corrected chi connectivity index (χ1v) is 11.3. The lowest BCUT2D eigenvalue weighted by atomic mass is 10.1. The van der Waals surface area contributed by atoms with Crippen LogP contribution in [0.1, 0.15) is 22.8 Å². The van der Waals surface area contributed by atoms with Gasteiger partial charge >= 0.3 is 5.97 Å². The SMILES string of the molecule is C=CCN1C(=O)C(=Cc2ccc(OC(=O)c3ccccc3I)c(OCC)c2)SC1=S. The summed E-state index contributed by atoms with van der Waals surface area (Å²) in [6.45, 7) is 6.28. The Hall–Kier alpha value is -2.17. The van der Waals surface area contributed by atoms with Crippen molar-refractivity contribution in [3.63, 3.8) is 0 Å². The van der Waals surface area contributed by atoms with Gasteiger partial charge in [-0.25, -0.2) is 4.79 Å². The highest BCUT2D eigenvalue weighted by atomic mass is 127. The fourth-order valence-electron chi connectivity index (χ4n) is 2.69. The van der Waals surface area contributed by atoms with Crippen LogP contribution in [0.3, 0.4) is 0 Å². The largest absolute Gasteiger partial charge is 0.490 e. The maximum atomic E-state index is 12.6. The van der Waals surface area contributed by atoms with E-state index in [1.165, 1.54) is 16.7 Å². The first-order valence-electron chi connectivity index (χ1n) is 9.04. The average Bonchev–Trinajstić information content (AvgIpc) is 2.98. The van der Waals surface area contributed by atoms with Crippen molar-refractivity contribution in [2.45, 2.75) is 6.92 Å². The van der Waals surface area contributed by atoms with E-state index in [2.05, 4.69) is 29.2 Å². The molecule has 0 saturated carbocycles. The molecule has 2 aromatic rings. The number of hydrogen-bond donors (Lipinski definition) is 0. The molecular weight excluding hydrogens is 533 g/mol. The van der Waals surface area contributed by atoms with Crippen LogP contribution in [0.15, 0.2) is 60.0 Å². The van der Waals surface area contributed by atoms with E-state index in [9.17, 15) is 9.59 Å². The minimum absolute atomic E-state index is 0.156. The first kappa shape index (κ1) is 22.5. The Bertz CT molecular complexity index is 1050. The fraction of sp³-hybridized carbons (Fsp3) is 0.136. The zero-order valence-corrected chi connectivity index (χ0v) is 19.9. The van der Waals surface area contributed by atoms with Gasteiger partial charge in [-0.15, -0.1) is 6.58 Å². The molecule has 30 heavy (non-hydrogen) atoms. The van der Waals surface area contributed by atoms with Crippen molar-refractivity contribution < 1.29 is 19.1 Å². The molecule has 2 aromatic carbocycles. The van der Waals surface area contributed by atoms with Gasteiger partial charge in [0.2, 0.25) is 0 Å². The van der Waals surface area contributed by atoms with Crippen molar-refractivity contribution in [3.8, 4) is 11.5 Å². The third-order valence-corrected chi connectivity index (χ3v) is 6.37. The van der Waals surface area contributed by atoms with E-state index < -0.39 is 5.97 Å². The maximum Gasteiger partial charge on any atom is 0.344 e. The third-order valence-electron chi connectivity index (χ3n) is 4.05. The van der Waals surface area contributed by atoms with Gasteiger partial charge in [0.05, 0.1) is 17.1 Å². The van der Waals surface area contributed by atoms with Gasteiger partial charge in [-0.2, -0.15) is 0 Å². The number of carbonyl (C=O) groups is 2. The van der Waals surface area contributed by atoms with Crippen molar-refractivity contribution in [2.24, 2.45) is 0 Å². The van der Waals surface area contributed by atoms with Gasteiger partial charge in [0.1, 0.15) is 4.32 Å². The van der Waals surface area contributed by atoms with Gasteiger partial charge in [0.25, 0.3) is 5.91 Å². The van der Waals surface area contributed by atoms with Crippen molar-refractivity contribution in [1.29, 1.82) is 0 Å². The molecule has 0 aromatic heterocycles. The molecule has 8 heteroatoms.